The van der Waals surface area contributed by atoms with Gasteiger partial charge in [0.15, 0.2) is 17.3 Å². The first-order valence-corrected chi connectivity index (χ1v) is 6.20. The second kappa shape index (κ2) is 5.20. The van der Waals surface area contributed by atoms with Crippen molar-refractivity contribution in [1.82, 2.24) is 10.2 Å². The van der Waals surface area contributed by atoms with E-state index in [-0.39, 0.29) is 5.75 Å². The number of rotatable bonds is 2. The molecule has 17 heavy (non-hydrogen) atoms. The molecule has 2 rings (SSSR count). The van der Waals surface area contributed by atoms with Crippen molar-refractivity contribution in [3.05, 3.63) is 21.9 Å². The van der Waals surface area contributed by atoms with Crippen molar-refractivity contribution in [2.45, 2.75) is 6.54 Å². The van der Waals surface area contributed by atoms with E-state index in [1.54, 1.807) is 0 Å². The third kappa shape index (κ3) is 2.70. The number of benzene rings is 1. The molecule has 0 amide bonds. The monoisotopic (exact) mass is 304 g/mol. The van der Waals surface area contributed by atoms with Gasteiger partial charge in [-0.15, -0.1) is 0 Å². The number of hydrogen-bond acceptors (Lipinski definition) is 4. The molecular formula is C11H14BrFN2O2. The molecule has 0 aliphatic carbocycles. The van der Waals surface area contributed by atoms with Crippen LogP contribution in [0.25, 0.3) is 0 Å². The highest BCUT2D eigenvalue weighted by atomic mass is 79.9. The molecule has 4 nitrogen and oxygen atoms in total. The van der Waals surface area contributed by atoms with Crippen molar-refractivity contribution in [1.29, 1.82) is 0 Å². The number of phenols is 2. The molecular weight excluding hydrogens is 291 g/mol. The molecule has 1 aliphatic heterocycles. The summed E-state index contributed by atoms with van der Waals surface area (Å²) in [6.07, 6.45) is 0. The normalized spacial score (nSPS) is 17.3. The van der Waals surface area contributed by atoms with Crippen molar-refractivity contribution < 1.29 is 14.6 Å². The van der Waals surface area contributed by atoms with E-state index in [9.17, 15) is 14.6 Å². The van der Waals surface area contributed by atoms with Crippen LogP contribution in [0.1, 0.15) is 5.56 Å². The Morgan fingerprint density at radius 3 is 2.59 bits per heavy atom. The fourth-order valence-electron chi connectivity index (χ4n) is 1.88. The largest absolute Gasteiger partial charge is 0.504 e. The lowest BCUT2D eigenvalue weighted by Gasteiger charge is -2.27. The predicted molar refractivity (Wildman–Crippen MR) is 65.6 cm³/mol. The number of nitrogens with zero attached hydrogens (tertiary/aromatic N) is 1. The zero-order chi connectivity index (χ0) is 12.4. The van der Waals surface area contributed by atoms with Gasteiger partial charge >= 0.3 is 0 Å². The van der Waals surface area contributed by atoms with Crippen LogP contribution >= 0.6 is 15.9 Å². The third-order valence-corrected chi connectivity index (χ3v) is 3.58. The first-order valence-electron chi connectivity index (χ1n) is 5.41. The van der Waals surface area contributed by atoms with Gasteiger partial charge in [-0.2, -0.15) is 0 Å². The van der Waals surface area contributed by atoms with Crippen molar-refractivity contribution in [3.8, 4) is 11.5 Å². The van der Waals surface area contributed by atoms with E-state index in [0.29, 0.717) is 16.6 Å². The lowest BCUT2D eigenvalue weighted by atomic mass is 10.1. The fraction of sp³-hybridized carbons (Fsp3) is 0.455. The average Bonchev–Trinajstić information content (AvgIpc) is 2.33. The summed E-state index contributed by atoms with van der Waals surface area (Å²) in [6.45, 7) is 4.01. The average molecular weight is 305 g/mol. The van der Waals surface area contributed by atoms with E-state index in [4.69, 9.17) is 0 Å². The zero-order valence-electron chi connectivity index (χ0n) is 9.21. The van der Waals surface area contributed by atoms with Crippen molar-refractivity contribution in [2.24, 2.45) is 0 Å². The van der Waals surface area contributed by atoms with Crippen LogP contribution in [0.2, 0.25) is 0 Å². The molecule has 0 unspecified atom stereocenters. The summed E-state index contributed by atoms with van der Waals surface area (Å²) in [7, 11) is 0. The van der Waals surface area contributed by atoms with E-state index in [0.717, 1.165) is 26.2 Å². The van der Waals surface area contributed by atoms with Crippen LogP contribution in [0.5, 0.6) is 11.5 Å². The van der Waals surface area contributed by atoms with Gasteiger partial charge in [0.25, 0.3) is 0 Å². The van der Waals surface area contributed by atoms with Gasteiger partial charge in [-0.25, -0.2) is 4.39 Å². The van der Waals surface area contributed by atoms with Gasteiger partial charge in [-0.05, 0) is 6.07 Å². The van der Waals surface area contributed by atoms with Crippen LogP contribution < -0.4 is 5.32 Å². The lowest BCUT2D eigenvalue weighted by Crippen LogP contribution is -2.42. The maximum absolute atomic E-state index is 13.1. The lowest BCUT2D eigenvalue weighted by molar-refractivity contribution is 0.229. The van der Waals surface area contributed by atoms with E-state index in [2.05, 4.69) is 26.1 Å². The molecule has 1 aliphatic rings. The maximum Gasteiger partial charge on any atom is 0.194 e. The standard InChI is InChI=1S/C11H14BrFN2O2/c12-8-5-9(13)11(17)10(16)7(8)6-15-3-1-14-2-4-15/h5,14,16-17H,1-4,6H2. The van der Waals surface area contributed by atoms with Crippen LogP contribution in [0.3, 0.4) is 0 Å². The number of nitrogens with one attached hydrogen (secondary N) is 1. The Balaban J connectivity index is 2.22. The highest BCUT2D eigenvalue weighted by Gasteiger charge is 2.19. The predicted octanol–water partition coefficient (Wildman–Crippen LogP) is 1.40. The summed E-state index contributed by atoms with van der Waals surface area (Å²) in [5.74, 6) is -1.88. The number of aromatic hydroxyl groups is 2. The summed E-state index contributed by atoms with van der Waals surface area (Å²) >= 11 is 3.21. The fourth-order valence-corrected chi connectivity index (χ4v) is 2.39. The summed E-state index contributed by atoms with van der Waals surface area (Å²) in [4.78, 5) is 2.13. The minimum atomic E-state index is -0.821. The van der Waals surface area contributed by atoms with Gasteiger partial charge in [0.1, 0.15) is 0 Å². The molecule has 6 heteroatoms. The van der Waals surface area contributed by atoms with Crippen LogP contribution in [0.15, 0.2) is 10.5 Å². The molecule has 1 fully saturated rings. The minimum absolute atomic E-state index is 0.379. The van der Waals surface area contributed by atoms with Gasteiger partial charge < -0.3 is 15.5 Å². The van der Waals surface area contributed by atoms with E-state index in [1.807, 2.05) is 0 Å². The molecule has 1 aromatic rings. The first kappa shape index (κ1) is 12.6. The van der Waals surface area contributed by atoms with Crippen molar-refractivity contribution >= 4 is 15.9 Å². The minimum Gasteiger partial charge on any atom is -0.504 e. The number of halogens is 2. The number of piperazine rings is 1. The molecule has 0 radical (unpaired) electrons. The first-order chi connectivity index (χ1) is 8.09. The zero-order valence-corrected chi connectivity index (χ0v) is 10.8. The van der Waals surface area contributed by atoms with Crippen LogP contribution in [0, 0.1) is 5.82 Å². The molecule has 1 saturated heterocycles. The Labute approximate surface area is 107 Å². The Kier molecular flexibility index (Phi) is 3.86. The van der Waals surface area contributed by atoms with Crippen LogP contribution in [0.4, 0.5) is 4.39 Å². The maximum atomic E-state index is 13.1. The summed E-state index contributed by atoms with van der Waals surface area (Å²) in [5, 5.41) is 22.3. The SMILES string of the molecule is Oc1c(F)cc(Br)c(CN2CCNCC2)c1O. The molecule has 0 aromatic heterocycles. The molecule has 3 N–H and O–H groups in total. The van der Waals surface area contributed by atoms with E-state index < -0.39 is 11.6 Å². The van der Waals surface area contributed by atoms with Crippen molar-refractivity contribution in [2.75, 3.05) is 26.2 Å². The Morgan fingerprint density at radius 1 is 1.29 bits per heavy atom. The summed E-state index contributed by atoms with van der Waals surface area (Å²) in [5.41, 5.74) is 0.519. The third-order valence-electron chi connectivity index (χ3n) is 2.87. The second-order valence-corrected chi connectivity index (χ2v) is 4.90. The number of phenolic OH excluding ortho intramolecular Hbond substituents is 2. The summed E-state index contributed by atoms with van der Waals surface area (Å²) < 4.78 is 13.6. The molecule has 0 atom stereocenters. The van der Waals surface area contributed by atoms with Crippen LogP contribution in [-0.4, -0.2) is 41.3 Å². The van der Waals surface area contributed by atoms with Gasteiger partial charge in [0, 0.05) is 42.8 Å². The highest BCUT2D eigenvalue weighted by molar-refractivity contribution is 9.10. The smallest absolute Gasteiger partial charge is 0.194 e. The Hall–Kier alpha value is -0.850. The number of hydrogen-bond donors (Lipinski definition) is 3. The quantitative estimate of drug-likeness (QED) is 0.723. The Morgan fingerprint density at radius 2 is 1.94 bits per heavy atom. The molecule has 1 heterocycles. The molecule has 94 valence electrons. The molecule has 1 aromatic carbocycles. The molecule has 0 bridgehead atoms. The van der Waals surface area contributed by atoms with E-state index >= 15 is 0 Å². The van der Waals surface area contributed by atoms with E-state index in [1.165, 1.54) is 6.07 Å². The van der Waals surface area contributed by atoms with Crippen LogP contribution in [-0.2, 0) is 6.54 Å². The topological polar surface area (TPSA) is 55.7 Å². The van der Waals surface area contributed by atoms with Gasteiger partial charge in [-0.1, -0.05) is 15.9 Å². The van der Waals surface area contributed by atoms with Gasteiger partial charge in [0.2, 0.25) is 0 Å². The highest BCUT2D eigenvalue weighted by Crippen LogP contribution is 2.37. The summed E-state index contributed by atoms with van der Waals surface area (Å²) in [6, 6.07) is 1.17. The Bertz CT molecular complexity index is 422. The second-order valence-electron chi connectivity index (χ2n) is 4.04. The molecule has 0 saturated carbocycles. The van der Waals surface area contributed by atoms with Crippen molar-refractivity contribution in [3.63, 3.8) is 0 Å². The van der Waals surface area contributed by atoms with Gasteiger partial charge in [0.05, 0.1) is 0 Å². The van der Waals surface area contributed by atoms with Gasteiger partial charge in [-0.3, -0.25) is 4.90 Å². The molecule has 0 spiro atoms.